The van der Waals surface area contributed by atoms with Crippen LogP contribution >= 0.6 is 0 Å². The van der Waals surface area contributed by atoms with E-state index in [1.807, 2.05) is 13.0 Å². The maximum atomic E-state index is 11.4. The molecule has 0 bridgehead atoms. The number of rotatable bonds is 3. The van der Waals surface area contributed by atoms with Crippen molar-refractivity contribution < 1.29 is 9.53 Å². The van der Waals surface area contributed by atoms with E-state index in [0.717, 1.165) is 18.5 Å². The molecule has 1 aliphatic rings. The zero-order valence-electron chi connectivity index (χ0n) is 9.40. The lowest BCUT2D eigenvalue weighted by molar-refractivity contribution is -0.143. The Morgan fingerprint density at radius 3 is 3.25 bits per heavy atom. The van der Waals surface area contributed by atoms with Crippen molar-refractivity contribution in [2.75, 3.05) is 12.3 Å². The fraction of sp³-hybridized carbons (Fsp3) is 0.500. The summed E-state index contributed by atoms with van der Waals surface area (Å²) >= 11 is 0. The van der Waals surface area contributed by atoms with E-state index < -0.39 is 0 Å². The molecular formula is C12H16N2O2. The van der Waals surface area contributed by atoms with E-state index in [9.17, 15) is 4.79 Å². The van der Waals surface area contributed by atoms with Crippen LogP contribution in [0.2, 0.25) is 0 Å². The minimum Gasteiger partial charge on any atom is -0.466 e. The molecule has 0 saturated carbocycles. The summed E-state index contributed by atoms with van der Waals surface area (Å²) in [6.45, 7) is 2.26. The maximum absolute atomic E-state index is 11.4. The second kappa shape index (κ2) is 4.51. The number of nitrogen functional groups attached to an aromatic ring is 1. The molecule has 4 nitrogen and oxygen atoms in total. The molecule has 0 aliphatic heterocycles. The van der Waals surface area contributed by atoms with Crippen LogP contribution in [0, 0.1) is 0 Å². The number of nitrogens with two attached hydrogens (primary N) is 1. The molecule has 1 aromatic rings. The summed E-state index contributed by atoms with van der Waals surface area (Å²) in [6.07, 6.45) is 4.00. The van der Waals surface area contributed by atoms with E-state index in [1.54, 1.807) is 6.20 Å². The zero-order valence-corrected chi connectivity index (χ0v) is 9.40. The van der Waals surface area contributed by atoms with Crippen molar-refractivity contribution in [3.63, 3.8) is 0 Å². The van der Waals surface area contributed by atoms with Crippen LogP contribution in [-0.2, 0) is 16.0 Å². The summed E-state index contributed by atoms with van der Waals surface area (Å²) in [5.74, 6) is 0.0635. The molecule has 0 radical (unpaired) electrons. The van der Waals surface area contributed by atoms with Crippen molar-refractivity contribution in [1.82, 2.24) is 4.98 Å². The molecule has 1 heterocycles. The van der Waals surface area contributed by atoms with E-state index in [0.29, 0.717) is 18.7 Å². The van der Waals surface area contributed by atoms with Gasteiger partial charge in [0, 0.05) is 11.6 Å². The predicted molar refractivity (Wildman–Crippen MR) is 61.0 cm³/mol. The number of aromatic nitrogens is 1. The van der Waals surface area contributed by atoms with Crippen molar-refractivity contribution in [1.29, 1.82) is 0 Å². The Balaban J connectivity index is 2.09. The van der Waals surface area contributed by atoms with Crippen LogP contribution in [-0.4, -0.2) is 17.6 Å². The molecule has 1 unspecified atom stereocenters. The first kappa shape index (κ1) is 10.9. The first-order chi connectivity index (χ1) is 7.70. The number of aryl methyl sites for hydroxylation is 1. The van der Waals surface area contributed by atoms with Crippen LogP contribution in [0.4, 0.5) is 5.69 Å². The molecule has 2 N–H and O–H groups in total. The van der Waals surface area contributed by atoms with Gasteiger partial charge in [-0.25, -0.2) is 0 Å². The molecule has 4 heteroatoms. The molecule has 0 fully saturated rings. The van der Waals surface area contributed by atoms with Gasteiger partial charge in [0.05, 0.1) is 24.9 Å². The Morgan fingerprint density at radius 2 is 2.50 bits per heavy atom. The lowest BCUT2D eigenvalue weighted by Crippen LogP contribution is -2.09. The number of nitrogens with zero attached hydrogens (tertiary/aromatic N) is 1. The Labute approximate surface area is 94.8 Å². The molecule has 2 rings (SSSR count). The van der Waals surface area contributed by atoms with Gasteiger partial charge in [-0.1, -0.05) is 0 Å². The SMILES string of the molecule is CCOC(=O)CC1CCc2cc(N)cnc21. The number of hydrogen-bond donors (Lipinski definition) is 1. The van der Waals surface area contributed by atoms with E-state index in [4.69, 9.17) is 10.5 Å². The monoisotopic (exact) mass is 220 g/mol. The Bertz CT molecular complexity index is 404. The number of pyridine rings is 1. The number of carbonyl (C=O) groups is 1. The van der Waals surface area contributed by atoms with Crippen LogP contribution in [0.15, 0.2) is 12.3 Å². The van der Waals surface area contributed by atoms with E-state index in [2.05, 4.69) is 4.98 Å². The highest BCUT2D eigenvalue weighted by Crippen LogP contribution is 2.34. The van der Waals surface area contributed by atoms with Gasteiger partial charge in [-0.15, -0.1) is 0 Å². The van der Waals surface area contributed by atoms with Crippen LogP contribution in [0.5, 0.6) is 0 Å². The van der Waals surface area contributed by atoms with Gasteiger partial charge in [-0.3, -0.25) is 9.78 Å². The van der Waals surface area contributed by atoms with Crippen molar-refractivity contribution >= 4 is 11.7 Å². The minimum absolute atomic E-state index is 0.140. The molecule has 16 heavy (non-hydrogen) atoms. The van der Waals surface area contributed by atoms with Gasteiger partial charge in [0.2, 0.25) is 0 Å². The zero-order chi connectivity index (χ0) is 11.5. The summed E-state index contributed by atoms with van der Waals surface area (Å²) in [5.41, 5.74) is 8.55. The predicted octanol–water partition coefficient (Wildman–Crippen LogP) is 1.65. The smallest absolute Gasteiger partial charge is 0.306 e. The molecule has 1 atom stereocenters. The Morgan fingerprint density at radius 1 is 1.69 bits per heavy atom. The molecule has 0 spiro atoms. The van der Waals surface area contributed by atoms with E-state index in [-0.39, 0.29) is 11.9 Å². The van der Waals surface area contributed by atoms with Crippen LogP contribution in [0.1, 0.15) is 36.9 Å². The molecule has 86 valence electrons. The quantitative estimate of drug-likeness (QED) is 0.786. The van der Waals surface area contributed by atoms with E-state index in [1.165, 1.54) is 5.56 Å². The van der Waals surface area contributed by atoms with Crippen LogP contribution in [0.3, 0.4) is 0 Å². The first-order valence-electron chi connectivity index (χ1n) is 5.60. The van der Waals surface area contributed by atoms with Gasteiger partial charge in [-0.05, 0) is 31.4 Å². The fourth-order valence-corrected chi connectivity index (χ4v) is 2.19. The molecular weight excluding hydrogens is 204 g/mol. The van der Waals surface area contributed by atoms with Gasteiger partial charge in [0.15, 0.2) is 0 Å². The fourth-order valence-electron chi connectivity index (χ4n) is 2.19. The normalized spacial score (nSPS) is 18.2. The maximum Gasteiger partial charge on any atom is 0.306 e. The van der Waals surface area contributed by atoms with Crippen molar-refractivity contribution in [3.8, 4) is 0 Å². The Kier molecular flexibility index (Phi) is 3.08. The van der Waals surface area contributed by atoms with Crippen molar-refractivity contribution in [3.05, 3.63) is 23.5 Å². The second-order valence-electron chi connectivity index (χ2n) is 4.06. The van der Waals surface area contributed by atoms with Crippen molar-refractivity contribution in [2.45, 2.75) is 32.1 Å². The van der Waals surface area contributed by atoms with E-state index >= 15 is 0 Å². The summed E-state index contributed by atoms with van der Waals surface area (Å²) in [4.78, 5) is 15.7. The lowest BCUT2D eigenvalue weighted by Gasteiger charge is -2.09. The van der Waals surface area contributed by atoms with Crippen molar-refractivity contribution in [2.24, 2.45) is 0 Å². The highest BCUT2D eigenvalue weighted by atomic mass is 16.5. The number of anilines is 1. The highest BCUT2D eigenvalue weighted by Gasteiger charge is 2.26. The summed E-state index contributed by atoms with van der Waals surface area (Å²) < 4.78 is 4.95. The standard InChI is InChI=1S/C12H16N2O2/c1-2-16-11(15)6-9-4-3-8-5-10(13)7-14-12(8)9/h5,7,9H,2-4,6,13H2,1H3. The number of carbonyl (C=O) groups excluding carboxylic acids is 1. The molecule has 0 saturated heterocycles. The largest absolute Gasteiger partial charge is 0.466 e. The van der Waals surface area contributed by atoms with Gasteiger partial charge in [0.25, 0.3) is 0 Å². The van der Waals surface area contributed by atoms with Gasteiger partial charge < -0.3 is 10.5 Å². The summed E-state index contributed by atoms with van der Waals surface area (Å²) in [5, 5.41) is 0. The molecule has 1 aromatic heterocycles. The highest BCUT2D eigenvalue weighted by molar-refractivity contribution is 5.70. The Hall–Kier alpha value is -1.58. The first-order valence-corrected chi connectivity index (χ1v) is 5.60. The van der Waals surface area contributed by atoms with Gasteiger partial charge in [-0.2, -0.15) is 0 Å². The number of ether oxygens (including phenoxy) is 1. The summed E-state index contributed by atoms with van der Waals surface area (Å²) in [6, 6.07) is 1.95. The molecule has 0 aromatic carbocycles. The second-order valence-corrected chi connectivity index (χ2v) is 4.06. The third-order valence-corrected chi connectivity index (χ3v) is 2.89. The van der Waals surface area contributed by atoms with Crippen LogP contribution < -0.4 is 5.73 Å². The molecule has 0 amide bonds. The number of hydrogen-bond acceptors (Lipinski definition) is 4. The van der Waals surface area contributed by atoms with Gasteiger partial charge >= 0.3 is 5.97 Å². The third kappa shape index (κ3) is 2.15. The lowest BCUT2D eigenvalue weighted by atomic mass is 10.0. The topological polar surface area (TPSA) is 65.2 Å². The number of fused-ring (bicyclic) bond motifs is 1. The molecule has 1 aliphatic carbocycles. The van der Waals surface area contributed by atoms with Crippen LogP contribution in [0.25, 0.3) is 0 Å². The number of esters is 1. The third-order valence-electron chi connectivity index (χ3n) is 2.89. The minimum atomic E-state index is -0.140. The average molecular weight is 220 g/mol. The summed E-state index contributed by atoms with van der Waals surface area (Å²) in [7, 11) is 0. The average Bonchev–Trinajstić information content (AvgIpc) is 2.61. The van der Waals surface area contributed by atoms with Gasteiger partial charge in [0.1, 0.15) is 0 Å².